The second kappa shape index (κ2) is 5.19. The molecule has 2 aromatic carbocycles. The molecule has 0 saturated carbocycles. The van der Waals surface area contributed by atoms with Crippen LogP contribution in [0.3, 0.4) is 0 Å². The van der Waals surface area contributed by atoms with Crippen molar-refractivity contribution >= 4 is 0 Å². The van der Waals surface area contributed by atoms with E-state index in [0.717, 1.165) is 12.3 Å². The average Bonchev–Trinajstić information content (AvgIpc) is 3.03. The summed E-state index contributed by atoms with van der Waals surface area (Å²) in [6.45, 7) is 2.39. The number of ether oxygens (including phenoxy) is 1. The summed E-state index contributed by atoms with van der Waals surface area (Å²) in [6.07, 6.45) is 2.64. The fourth-order valence-electron chi connectivity index (χ4n) is 3.98. The zero-order valence-corrected chi connectivity index (χ0v) is 12.5. The largest absolute Gasteiger partial charge is 0.497 e. The molecule has 2 heterocycles. The molecule has 2 atom stereocenters. The van der Waals surface area contributed by atoms with Crippen molar-refractivity contribution in [1.82, 2.24) is 4.90 Å². The summed E-state index contributed by atoms with van der Waals surface area (Å²) in [6, 6.07) is 18.3. The van der Waals surface area contributed by atoms with E-state index in [2.05, 4.69) is 53.4 Å². The maximum absolute atomic E-state index is 5.28. The topological polar surface area (TPSA) is 12.5 Å². The molecule has 0 aromatic heterocycles. The number of hydrogen-bond donors (Lipinski definition) is 0. The van der Waals surface area contributed by atoms with Crippen LogP contribution in [0.4, 0.5) is 0 Å². The quantitative estimate of drug-likeness (QED) is 0.824. The summed E-state index contributed by atoms with van der Waals surface area (Å²) in [7, 11) is 1.72. The molecular weight excluding hydrogens is 258 g/mol. The number of hydrogen-bond acceptors (Lipinski definition) is 2. The highest BCUT2D eigenvalue weighted by atomic mass is 16.5. The van der Waals surface area contributed by atoms with Gasteiger partial charge in [0.2, 0.25) is 0 Å². The van der Waals surface area contributed by atoms with Gasteiger partial charge in [-0.25, -0.2) is 0 Å². The Morgan fingerprint density at radius 3 is 2.52 bits per heavy atom. The molecule has 0 spiro atoms. The molecule has 2 aliphatic rings. The first-order valence-corrected chi connectivity index (χ1v) is 7.83. The van der Waals surface area contributed by atoms with Gasteiger partial charge in [-0.15, -0.1) is 0 Å². The highest BCUT2D eigenvalue weighted by Crippen LogP contribution is 2.44. The Kier molecular flexibility index (Phi) is 3.19. The van der Waals surface area contributed by atoms with Gasteiger partial charge in [-0.05, 0) is 48.2 Å². The standard InChI is InChI=1S/C19H21NO/c1-21-15-10-8-14(9-11-15)18-13-20-12-4-7-19(20)17-6-3-2-5-16(17)18/h2-3,5-6,8-11,18-19H,4,7,12-13H2,1H3/t18-,19+/m1/s1. The predicted octanol–water partition coefficient (Wildman–Crippen LogP) is 3.98. The van der Waals surface area contributed by atoms with Gasteiger partial charge in [0.15, 0.2) is 0 Å². The summed E-state index contributed by atoms with van der Waals surface area (Å²) in [5.74, 6) is 1.42. The first kappa shape index (κ1) is 12.9. The molecule has 0 bridgehead atoms. The minimum Gasteiger partial charge on any atom is -0.497 e. The van der Waals surface area contributed by atoms with Crippen molar-refractivity contribution in [1.29, 1.82) is 0 Å². The average molecular weight is 279 g/mol. The Hall–Kier alpha value is -1.80. The van der Waals surface area contributed by atoms with Crippen LogP contribution in [-0.2, 0) is 0 Å². The molecule has 108 valence electrons. The zero-order chi connectivity index (χ0) is 14.2. The van der Waals surface area contributed by atoms with Crippen LogP contribution in [0.15, 0.2) is 48.5 Å². The molecular formula is C19H21NO. The van der Waals surface area contributed by atoms with Crippen LogP contribution in [0.1, 0.15) is 41.5 Å². The van der Waals surface area contributed by atoms with Crippen LogP contribution in [0, 0.1) is 0 Å². The predicted molar refractivity (Wildman–Crippen MR) is 84.8 cm³/mol. The number of benzene rings is 2. The van der Waals surface area contributed by atoms with E-state index in [1.54, 1.807) is 12.7 Å². The molecule has 0 radical (unpaired) electrons. The van der Waals surface area contributed by atoms with Gasteiger partial charge in [-0.3, -0.25) is 4.90 Å². The molecule has 2 aromatic rings. The van der Waals surface area contributed by atoms with Gasteiger partial charge in [0, 0.05) is 18.5 Å². The summed E-state index contributed by atoms with van der Waals surface area (Å²) in [5.41, 5.74) is 4.46. The second-order valence-electron chi connectivity index (χ2n) is 6.11. The third-order valence-electron chi connectivity index (χ3n) is 5.03. The minimum atomic E-state index is 0.487. The number of nitrogens with zero attached hydrogens (tertiary/aromatic N) is 1. The van der Waals surface area contributed by atoms with E-state index in [4.69, 9.17) is 4.74 Å². The van der Waals surface area contributed by atoms with Crippen LogP contribution in [0.5, 0.6) is 5.75 Å². The molecule has 1 fully saturated rings. The summed E-state index contributed by atoms with van der Waals surface area (Å²) in [5, 5.41) is 0. The first-order valence-electron chi connectivity index (χ1n) is 7.83. The van der Waals surface area contributed by atoms with E-state index in [-0.39, 0.29) is 0 Å². The fraction of sp³-hybridized carbons (Fsp3) is 0.368. The van der Waals surface area contributed by atoms with Crippen molar-refractivity contribution in [2.45, 2.75) is 24.8 Å². The Morgan fingerprint density at radius 2 is 1.76 bits per heavy atom. The van der Waals surface area contributed by atoms with E-state index in [0.29, 0.717) is 12.0 Å². The van der Waals surface area contributed by atoms with Crippen molar-refractivity contribution in [3.8, 4) is 5.75 Å². The van der Waals surface area contributed by atoms with Gasteiger partial charge in [0.05, 0.1) is 7.11 Å². The molecule has 4 rings (SSSR count). The molecule has 1 saturated heterocycles. The zero-order valence-electron chi connectivity index (χ0n) is 12.5. The molecule has 0 aliphatic carbocycles. The van der Waals surface area contributed by atoms with Gasteiger partial charge in [0.25, 0.3) is 0 Å². The Bertz CT molecular complexity index is 634. The summed E-state index contributed by atoms with van der Waals surface area (Å²) in [4.78, 5) is 2.66. The lowest BCUT2D eigenvalue weighted by Crippen LogP contribution is -2.34. The van der Waals surface area contributed by atoms with Gasteiger partial charge in [-0.1, -0.05) is 36.4 Å². The molecule has 0 amide bonds. The third kappa shape index (κ3) is 2.14. The lowest BCUT2D eigenvalue weighted by molar-refractivity contribution is 0.230. The molecule has 2 aliphatic heterocycles. The molecule has 0 unspecified atom stereocenters. The SMILES string of the molecule is COc1ccc([C@H]2CN3CCC[C@H]3c3ccccc32)cc1. The van der Waals surface area contributed by atoms with Gasteiger partial charge < -0.3 is 4.74 Å². The van der Waals surface area contributed by atoms with Crippen molar-refractivity contribution in [3.63, 3.8) is 0 Å². The highest BCUT2D eigenvalue weighted by molar-refractivity contribution is 5.43. The maximum Gasteiger partial charge on any atom is 0.118 e. The monoisotopic (exact) mass is 279 g/mol. The van der Waals surface area contributed by atoms with Gasteiger partial charge >= 0.3 is 0 Å². The molecule has 2 nitrogen and oxygen atoms in total. The first-order chi connectivity index (χ1) is 10.4. The van der Waals surface area contributed by atoms with Crippen molar-refractivity contribution < 1.29 is 4.74 Å². The second-order valence-corrected chi connectivity index (χ2v) is 6.11. The molecule has 0 N–H and O–H groups in total. The van der Waals surface area contributed by atoms with E-state index in [1.165, 1.54) is 30.5 Å². The lowest BCUT2D eigenvalue weighted by atomic mass is 9.82. The van der Waals surface area contributed by atoms with Crippen LogP contribution in [-0.4, -0.2) is 25.1 Å². The summed E-state index contributed by atoms with van der Waals surface area (Å²) < 4.78 is 5.28. The van der Waals surface area contributed by atoms with Gasteiger partial charge in [0.1, 0.15) is 5.75 Å². The van der Waals surface area contributed by atoms with Crippen LogP contribution in [0.2, 0.25) is 0 Å². The lowest BCUT2D eigenvalue weighted by Gasteiger charge is -2.37. The molecule has 21 heavy (non-hydrogen) atoms. The van der Waals surface area contributed by atoms with Crippen LogP contribution in [0.25, 0.3) is 0 Å². The van der Waals surface area contributed by atoms with E-state index in [1.807, 2.05) is 0 Å². The Balaban J connectivity index is 1.76. The number of rotatable bonds is 2. The smallest absolute Gasteiger partial charge is 0.118 e. The molecule has 2 heteroatoms. The third-order valence-corrected chi connectivity index (χ3v) is 5.03. The van der Waals surface area contributed by atoms with Crippen LogP contribution >= 0.6 is 0 Å². The minimum absolute atomic E-state index is 0.487. The van der Waals surface area contributed by atoms with Crippen molar-refractivity contribution in [2.75, 3.05) is 20.2 Å². The normalized spacial score (nSPS) is 24.4. The number of methoxy groups -OCH3 is 1. The van der Waals surface area contributed by atoms with E-state index in [9.17, 15) is 0 Å². The van der Waals surface area contributed by atoms with Crippen LogP contribution < -0.4 is 4.74 Å². The number of fused-ring (bicyclic) bond motifs is 3. The Labute approximate surface area is 126 Å². The highest BCUT2D eigenvalue weighted by Gasteiger charge is 2.35. The fourth-order valence-corrected chi connectivity index (χ4v) is 3.98. The Morgan fingerprint density at radius 1 is 1.00 bits per heavy atom. The van der Waals surface area contributed by atoms with E-state index < -0.39 is 0 Å². The summed E-state index contributed by atoms with van der Waals surface area (Å²) >= 11 is 0. The van der Waals surface area contributed by atoms with Crippen molar-refractivity contribution in [3.05, 3.63) is 65.2 Å². The van der Waals surface area contributed by atoms with Gasteiger partial charge in [-0.2, -0.15) is 0 Å². The van der Waals surface area contributed by atoms with E-state index >= 15 is 0 Å². The maximum atomic E-state index is 5.28. The van der Waals surface area contributed by atoms with Crippen molar-refractivity contribution in [2.24, 2.45) is 0 Å².